The van der Waals surface area contributed by atoms with E-state index in [9.17, 15) is 37.3 Å². The number of ether oxygens (including phenoxy) is 3. The molecule has 0 spiro atoms. The molecule has 5 rings (SSSR count). The molecule has 11 nitrogen and oxygen atoms in total. The smallest absolute Gasteiger partial charge is 0.410 e. The number of halogens is 4. The fraction of sp³-hybridized carbons (Fsp3) is 0.405. The lowest BCUT2D eigenvalue weighted by atomic mass is 9.87. The van der Waals surface area contributed by atoms with E-state index in [0.717, 1.165) is 30.0 Å². The maximum Gasteiger partial charge on any atom is 0.410 e. The number of rotatable bonds is 17. The van der Waals surface area contributed by atoms with Gasteiger partial charge in [-0.05, 0) is 85.6 Å². The Hall–Kier alpha value is -5.34. The minimum Gasteiger partial charge on any atom is -0.496 e. The van der Waals surface area contributed by atoms with Crippen LogP contribution in [0.15, 0.2) is 60.7 Å². The molecule has 0 aromatic heterocycles. The van der Waals surface area contributed by atoms with Gasteiger partial charge in [0, 0.05) is 31.2 Å². The quantitative estimate of drug-likeness (QED) is 0.0484. The molecule has 278 valence electrons. The number of hydrogen-bond acceptors (Lipinski definition) is 8. The zero-order chi connectivity index (χ0) is 37.2. The molecule has 3 aromatic rings. The zero-order valence-corrected chi connectivity index (χ0v) is 28.5. The van der Waals surface area contributed by atoms with Crippen molar-refractivity contribution in [1.29, 1.82) is 0 Å². The van der Waals surface area contributed by atoms with Gasteiger partial charge in [0.2, 0.25) is 11.7 Å². The van der Waals surface area contributed by atoms with Crippen molar-refractivity contribution in [3.05, 3.63) is 111 Å². The topological polar surface area (TPSA) is 121 Å². The zero-order valence-electron chi connectivity index (χ0n) is 28.5. The summed E-state index contributed by atoms with van der Waals surface area (Å²) in [6.07, 6.45) is 4.25. The molecule has 1 saturated carbocycles. The highest BCUT2D eigenvalue weighted by atomic mass is 19.2. The molecular weight excluding hydrogens is 690 g/mol. The monoisotopic (exact) mass is 729 g/mol. The van der Waals surface area contributed by atoms with Crippen molar-refractivity contribution in [3.63, 3.8) is 0 Å². The van der Waals surface area contributed by atoms with Crippen LogP contribution in [-0.2, 0) is 27.3 Å². The number of hydrogen-bond donors (Lipinski definition) is 0. The molecule has 1 fully saturated rings. The van der Waals surface area contributed by atoms with Gasteiger partial charge < -0.3 is 28.8 Å². The molecule has 0 bridgehead atoms. The molecule has 2 amide bonds. The van der Waals surface area contributed by atoms with E-state index in [-0.39, 0.29) is 51.4 Å². The second-order valence-electron chi connectivity index (χ2n) is 12.5. The molecule has 2 aliphatic rings. The number of unbranched alkanes of at least 4 members (excludes halogenated alkanes) is 1. The molecule has 52 heavy (non-hydrogen) atoms. The number of aryl methyl sites for hydroxylation is 1. The van der Waals surface area contributed by atoms with E-state index in [2.05, 4.69) is 4.84 Å². The first-order chi connectivity index (χ1) is 25.0. The summed E-state index contributed by atoms with van der Waals surface area (Å²) in [7, 11) is 1.47. The fourth-order valence-electron chi connectivity index (χ4n) is 6.00. The van der Waals surface area contributed by atoms with Gasteiger partial charge in [0.25, 0.3) is 5.09 Å². The Labute approximate surface area is 297 Å². The number of benzene rings is 3. The van der Waals surface area contributed by atoms with Crippen LogP contribution in [0.25, 0.3) is 5.57 Å². The summed E-state index contributed by atoms with van der Waals surface area (Å²) in [5.74, 6) is -5.37. The van der Waals surface area contributed by atoms with Gasteiger partial charge in [0.15, 0.2) is 17.4 Å². The van der Waals surface area contributed by atoms with E-state index in [4.69, 9.17) is 14.2 Å². The van der Waals surface area contributed by atoms with Gasteiger partial charge >= 0.3 is 6.09 Å². The number of carbonyl (C=O) groups is 2. The number of amides is 2. The van der Waals surface area contributed by atoms with Gasteiger partial charge in [-0.3, -0.25) is 4.79 Å². The fourth-order valence-corrected chi connectivity index (χ4v) is 6.00. The van der Waals surface area contributed by atoms with Crippen LogP contribution in [0.2, 0.25) is 0 Å². The van der Waals surface area contributed by atoms with E-state index >= 15 is 0 Å². The van der Waals surface area contributed by atoms with Crippen LogP contribution >= 0.6 is 0 Å². The van der Waals surface area contributed by atoms with Gasteiger partial charge in [-0.15, -0.1) is 10.1 Å². The molecule has 1 aliphatic heterocycles. The third-order valence-electron chi connectivity index (χ3n) is 8.83. The Bertz CT molecular complexity index is 1770. The van der Waals surface area contributed by atoms with E-state index in [1.165, 1.54) is 30.2 Å². The van der Waals surface area contributed by atoms with E-state index in [1.54, 1.807) is 11.0 Å². The van der Waals surface area contributed by atoms with E-state index < -0.39 is 46.1 Å². The number of nitrogens with zero attached hydrogens (tertiary/aromatic N) is 3. The molecule has 0 saturated heterocycles. The highest BCUT2D eigenvalue weighted by molar-refractivity contribution is 5.94. The lowest BCUT2D eigenvalue weighted by Gasteiger charge is -2.35. The minimum absolute atomic E-state index is 0.0117. The predicted molar refractivity (Wildman–Crippen MR) is 180 cm³/mol. The van der Waals surface area contributed by atoms with E-state index in [0.29, 0.717) is 48.6 Å². The SMILES string of the molecule is COc1ccc(F)cc1CN(C(=O)C1CN(C(=O)OCCCCO[N+](=O)[O-])CC=C1c1ccc(CCCOc2c(F)ccc(F)c2F)cc1)C1CC1. The van der Waals surface area contributed by atoms with Crippen LogP contribution in [0, 0.1) is 39.3 Å². The van der Waals surface area contributed by atoms with Crippen molar-refractivity contribution in [2.45, 2.75) is 51.1 Å². The summed E-state index contributed by atoms with van der Waals surface area (Å²) in [5, 5.41) is 9.46. The lowest BCUT2D eigenvalue weighted by molar-refractivity contribution is -0.757. The largest absolute Gasteiger partial charge is 0.496 e. The first kappa shape index (κ1) is 37.9. The summed E-state index contributed by atoms with van der Waals surface area (Å²) >= 11 is 0. The molecule has 3 aromatic carbocycles. The van der Waals surface area contributed by atoms with Crippen molar-refractivity contribution in [1.82, 2.24) is 9.80 Å². The number of methoxy groups -OCH3 is 1. The van der Waals surface area contributed by atoms with Crippen LogP contribution in [-0.4, -0.2) is 72.9 Å². The van der Waals surface area contributed by atoms with Crippen LogP contribution in [0.1, 0.15) is 48.8 Å². The second kappa shape index (κ2) is 17.7. The van der Waals surface area contributed by atoms with Gasteiger partial charge in [-0.1, -0.05) is 30.3 Å². The summed E-state index contributed by atoms with van der Waals surface area (Å²) in [6.45, 7) is 0.130. The van der Waals surface area contributed by atoms with Crippen LogP contribution in [0.5, 0.6) is 11.5 Å². The van der Waals surface area contributed by atoms with Crippen LogP contribution in [0.4, 0.5) is 22.4 Å². The standard InChI is InChI=1S/C37H39F4N3O8/c1-49-33-15-10-27(38)21-26(33)22-43(28-11-12-28)36(45)30-23-42(37(46)51-18-2-3-20-52-44(47)48)17-16-29(30)25-8-6-24(7-9-25)5-4-19-50-35-32(40)14-13-31(39)34(35)41/h6-10,13-16,21,28,30H,2-5,11-12,17-20,22-23H2,1H3. The Kier molecular flexibility index (Phi) is 12.9. The minimum atomic E-state index is -1.38. The summed E-state index contributed by atoms with van der Waals surface area (Å²) in [6, 6.07) is 13.0. The lowest BCUT2D eigenvalue weighted by Crippen LogP contribution is -2.47. The number of carbonyl (C=O) groups excluding carboxylic acids is 2. The molecular formula is C37H39F4N3O8. The highest BCUT2D eigenvalue weighted by Gasteiger charge is 2.40. The third-order valence-corrected chi connectivity index (χ3v) is 8.83. The summed E-state index contributed by atoms with van der Waals surface area (Å²) in [4.78, 5) is 45.3. The molecule has 1 unspecified atom stereocenters. The second-order valence-corrected chi connectivity index (χ2v) is 12.5. The summed E-state index contributed by atoms with van der Waals surface area (Å²) in [5.41, 5.74) is 2.85. The molecule has 0 N–H and O–H groups in total. The Morgan fingerprint density at radius 2 is 1.67 bits per heavy atom. The molecule has 1 atom stereocenters. The molecule has 0 radical (unpaired) electrons. The van der Waals surface area contributed by atoms with Gasteiger partial charge in [-0.2, -0.15) is 4.39 Å². The third kappa shape index (κ3) is 9.92. The van der Waals surface area contributed by atoms with Crippen LogP contribution < -0.4 is 9.47 Å². The molecule has 1 heterocycles. The Morgan fingerprint density at radius 1 is 0.942 bits per heavy atom. The van der Waals surface area contributed by atoms with Crippen molar-refractivity contribution in [2.24, 2.45) is 5.92 Å². The van der Waals surface area contributed by atoms with Crippen LogP contribution in [0.3, 0.4) is 0 Å². The highest BCUT2D eigenvalue weighted by Crippen LogP contribution is 2.36. The average molecular weight is 730 g/mol. The van der Waals surface area contributed by atoms with Crippen molar-refractivity contribution < 1.29 is 51.3 Å². The Morgan fingerprint density at radius 3 is 2.38 bits per heavy atom. The maximum atomic E-state index is 14.4. The van der Waals surface area contributed by atoms with Gasteiger partial charge in [0.05, 0.1) is 32.8 Å². The van der Waals surface area contributed by atoms with Crippen molar-refractivity contribution in [3.8, 4) is 11.5 Å². The van der Waals surface area contributed by atoms with Gasteiger partial charge in [-0.25, -0.2) is 18.0 Å². The van der Waals surface area contributed by atoms with E-state index in [1.807, 2.05) is 24.3 Å². The summed E-state index contributed by atoms with van der Waals surface area (Å²) < 4.78 is 71.6. The van der Waals surface area contributed by atoms with Crippen molar-refractivity contribution in [2.75, 3.05) is 40.0 Å². The van der Waals surface area contributed by atoms with Crippen molar-refractivity contribution >= 4 is 17.6 Å². The first-order valence-corrected chi connectivity index (χ1v) is 16.9. The first-order valence-electron chi connectivity index (χ1n) is 16.9. The molecule has 1 aliphatic carbocycles. The maximum absolute atomic E-state index is 14.4. The molecule has 15 heteroatoms. The normalized spacial score (nSPS) is 15.4. The Balaban J connectivity index is 1.29. The predicted octanol–water partition coefficient (Wildman–Crippen LogP) is 6.89. The average Bonchev–Trinajstić information content (AvgIpc) is 3.98. The van der Waals surface area contributed by atoms with Gasteiger partial charge in [0.1, 0.15) is 11.6 Å².